The van der Waals surface area contributed by atoms with Crippen molar-refractivity contribution in [1.82, 2.24) is 4.98 Å². The van der Waals surface area contributed by atoms with E-state index in [4.69, 9.17) is 9.40 Å². The maximum atomic E-state index is 6.39. The number of rotatable bonds is 3. The van der Waals surface area contributed by atoms with Crippen molar-refractivity contribution in [3.63, 3.8) is 0 Å². The van der Waals surface area contributed by atoms with E-state index in [0.29, 0.717) is 5.92 Å². The van der Waals surface area contributed by atoms with Crippen molar-refractivity contribution in [2.45, 2.75) is 51.2 Å². The lowest BCUT2D eigenvalue weighted by Gasteiger charge is -2.15. The first-order valence-electron chi connectivity index (χ1n) is 10.4. The van der Waals surface area contributed by atoms with Crippen LogP contribution in [0.25, 0.3) is 33.2 Å². The highest BCUT2D eigenvalue weighted by Crippen LogP contribution is 2.37. The number of pyridine rings is 1. The van der Waals surface area contributed by atoms with Crippen LogP contribution in [-0.4, -0.2) is 13.1 Å². The molecule has 2 nitrogen and oxygen atoms in total. The van der Waals surface area contributed by atoms with Gasteiger partial charge in [-0.2, -0.15) is 0 Å². The molecule has 0 unspecified atom stereocenters. The summed E-state index contributed by atoms with van der Waals surface area (Å²) in [5.74, 6) is 0.698. The molecule has 0 amide bonds. The van der Waals surface area contributed by atoms with Gasteiger partial charge in [0.2, 0.25) is 0 Å². The van der Waals surface area contributed by atoms with Crippen molar-refractivity contribution >= 4 is 35.2 Å². The number of hydrogen-bond donors (Lipinski definition) is 0. The van der Waals surface area contributed by atoms with E-state index in [1.807, 2.05) is 0 Å². The first-order valence-corrected chi connectivity index (χ1v) is 13.9. The molecule has 0 N–H and O–H groups in total. The number of aromatic nitrogens is 1. The minimum absolute atomic E-state index is 0.698. The highest BCUT2D eigenvalue weighted by atomic mass is 28.3. The quantitative estimate of drug-likeness (QED) is 0.360. The number of fused-ring (bicyclic) bond motifs is 3. The van der Waals surface area contributed by atoms with Gasteiger partial charge < -0.3 is 4.42 Å². The third-order valence-corrected chi connectivity index (χ3v) is 8.30. The van der Waals surface area contributed by atoms with E-state index >= 15 is 0 Å². The van der Waals surface area contributed by atoms with Gasteiger partial charge in [-0.1, -0.05) is 68.0 Å². The second-order valence-electron chi connectivity index (χ2n) is 9.20. The van der Waals surface area contributed by atoms with Crippen LogP contribution in [0.2, 0.25) is 19.6 Å². The molecular weight excluding hydrogens is 358 g/mol. The maximum Gasteiger partial charge on any atom is 0.144 e. The van der Waals surface area contributed by atoms with Crippen LogP contribution in [0.15, 0.2) is 59.1 Å². The van der Waals surface area contributed by atoms with E-state index in [-0.39, 0.29) is 0 Å². The average Bonchev–Trinajstić information content (AvgIpc) is 3.34. The van der Waals surface area contributed by atoms with Crippen LogP contribution in [0.3, 0.4) is 0 Å². The molecule has 1 aliphatic carbocycles. The van der Waals surface area contributed by atoms with Gasteiger partial charge >= 0.3 is 0 Å². The van der Waals surface area contributed by atoms with Crippen molar-refractivity contribution in [2.75, 3.05) is 0 Å². The zero-order valence-electron chi connectivity index (χ0n) is 17.0. The predicted octanol–water partition coefficient (Wildman–Crippen LogP) is 6.85. The van der Waals surface area contributed by atoms with Crippen LogP contribution in [0.5, 0.6) is 0 Å². The molecule has 1 fully saturated rings. The molecule has 0 bridgehead atoms. The third-order valence-electron chi connectivity index (χ3n) is 6.25. The number of furan rings is 1. The van der Waals surface area contributed by atoms with E-state index in [1.54, 1.807) is 0 Å². The first-order chi connectivity index (χ1) is 13.5. The van der Waals surface area contributed by atoms with E-state index in [0.717, 1.165) is 22.4 Å². The van der Waals surface area contributed by atoms with Crippen LogP contribution >= 0.6 is 0 Å². The maximum absolute atomic E-state index is 6.39. The normalized spacial score (nSPS) is 15.7. The van der Waals surface area contributed by atoms with Gasteiger partial charge in [0.25, 0.3) is 0 Å². The Bertz CT molecular complexity index is 1150. The molecule has 1 saturated carbocycles. The smallest absolute Gasteiger partial charge is 0.144 e. The summed E-state index contributed by atoms with van der Waals surface area (Å²) in [7, 11) is -1.37. The molecule has 0 radical (unpaired) electrons. The Balaban J connectivity index is 1.61. The fourth-order valence-electron chi connectivity index (χ4n) is 4.53. The van der Waals surface area contributed by atoms with Gasteiger partial charge in [-0.3, -0.25) is 4.98 Å². The molecular formula is C25H27NOSi. The van der Waals surface area contributed by atoms with E-state index in [1.165, 1.54) is 47.2 Å². The molecule has 2 aromatic carbocycles. The Kier molecular flexibility index (Phi) is 4.16. The van der Waals surface area contributed by atoms with Crippen molar-refractivity contribution in [3.8, 4) is 11.3 Å². The van der Waals surface area contributed by atoms with Crippen LogP contribution < -0.4 is 5.19 Å². The largest absolute Gasteiger partial charge is 0.455 e. The summed E-state index contributed by atoms with van der Waals surface area (Å²) in [6.07, 6.45) is 7.39. The molecule has 0 aliphatic heterocycles. The lowest BCUT2D eigenvalue weighted by molar-refractivity contribution is 0.670. The molecule has 4 aromatic rings. The molecule has 142 valence electrons. The van der Waals surface area contributed by atoms with Crippen molar-refractivity contribution in [2.24, 2.45) is 0 Å². The van der Waals surface area contributed by atoms with Crippen LogP contribution in [0, 0.1) is 0 Å². The predicted molar refractivity (Wildman–Crippen MR) is 121 cm³/mol. The Morgan fingerprint density at radius 3 is 2.46 bits per heavy atom. The number of nitrogens with zero attached hydrogens (tertiary/aromatic N) is 1. The summed E-state index contributed by atoms with van der Waals surface area (Å²) in [6.45, 7) is 7.12. The van der Waals surface area contributed by atoms with Gasteiger partial charge in [-0.25, -0.2) is 0 Å². The fourth-order valence-corrected chi connectivity index (χ4v) is 5.68. The highest BCUT2D eigenvalue weighted by molar-refractivity contribution is 6.88. The second kappa shape index (κ2) is 6.59. The average molecular weight is 386 g/mol. The Labute approximate surface area is 167 Å². The number of hydrogen-bond acceptors (Lipinski definition) is 2. The zero-order chi connectivity index (χ0) is 19.3. The highest BCUT2D eigenvalue weighted by Gasteiger charge is 2.20. The van der Waals surface area contributed by atoms with Crippen molar-refractivity contribution < 1.29 is 4.42 Å². The van der Waals surface area contributed by atoms with Crippen LogP contribution in [0.4, 0.5) is 0 Å². The van der Waals surface area contributed by atoms with Gasteiger partial charge in [-0.05, 0) is 42.5 Å². The van der Waals surface area contributed by atoms with E-state index in [2.05, 4.69) is 74.4 Å². The second-order valence-corrected chi connectivity index (χ2v) is 14.3. The summed E-state index contributed by atoms with van der Waals surface area (Å²) in [5, 5.41) is 3.80. The molecule has 5 rings (SSSR count). The van der Waals surface area contributed by atoms with E-state index < -0.39 is 8.07 Å². The van der Waals surface area contributed by atoms with Gasteiger partial charge in [0, 0.05) is 22.5 Å². The van der Waals surface area contributed by atoms with Gasteiger partial charge in [-0.15, -0.1) is 0 Å². The lowest BCUT2D eigenvalue weighted by atomic mass is 9.98. The van der Waals surface area contributed by atoms with E-state index in [9.17, 15) is 0 Å². The zero-order valence-corrected chi connectivity index (χ0v) is 18.0. The number of benzene rings is 2. The summed E-state index contributed by atoms with van der Waals surface area (Å²) in [4.78, 5) is 4.82. The fraction of sp³-hybridized carbons (Fsp3) is 0.320. The summed E-state index contributed by atoms with van der Waals surface area (Å²) in [5.41, 5.74) is 5.41. The lowest BCUT2D eigenvalue weighted by Crippen LogP contribution is -2.37. The monoisotopic (exact) mass is 385 g/mol. The minimum atomic E-state index is -1.37. The molecule has 28 heavy (non-hydrogen) atoms. The molecule has 2 heterocycles. The first kappa shape index (κ1) is 17.7. The molecule has 3 heteroatoms. The molecule has 1 aliphatic rings. The van der Waals surface area contributed by atoms with Gasteiger partial charge in [0.1, 0.15) is 11.2 Å². The Morgan fingerprint density at radius 2 is 1.75 bits per heavy atom. The van der Waals surface area contributed by atoms with Gasteiger partial charge in [0.05, 0.1) is 13.8 Å². The summed E-state index contributed by atoms with van der Waals surface area (Å²) in [6, 6.07) is 17.6. The SMILES string of the molecule is C[Si](C)(C)c1ccc2c(c1)oc1c(-c3ccc(C4CCCC4)cn3)cccc12. The third kappa shape index (κ3) is 2.98. The standard InChI is InChI=1S/C25H27NOSi/c1-28(2,3)19-12-13-20-21-9-6-10-22(25(21)27-24(20)15-19)23-14-11-18(16-26-23)17-7-4-5-8-17/h6,9-17H,4-5,7-8H2,1-3H3. The molecule has 0 atom stereocenters. The van der Waals surface area contributed by atoms with Crippen LogP contribution in [0.1, 0.15) is 37.2 Å². The Hall–Kier alpha value is -2.39. The molecule has 2 aromatic heterocycles. The van der Waals surface area contributed by atoms with Crippen molar-refractivity contribution in [3.05, 3.63) is 60.3 Å². The molecule has 0 spiro atoms. The van der Waals surface area contributed by atoms with Gasteiger partial charge in [0.15, 0.2) is 0 Å². The van der Waals surface area contributed by atoms with Crippen molar-refractivity contribution in [1.29, 1.82) is 0 Å². The summed E-state index contributed by atoms with van der Waals surface area (Å²) < 4.78 is 6.39. The number of para-hydroxylation sites is 1. The topological polar surface area (TPSA) is 26.0 Å². The Morgan fingerprint density at radius 1 is 0.929 bits per heavy atom. The summed E-state index contributed by atoms with van der Waals surface area (Å²) >= 11 is 0. The minimum Gasteiger partial charge on any atom is -0.455 e. The molecule has 0 saturated heterocycles. The van der Waals surface area contributed by atoms with Crippen LogP contribution in [-0.2, 0) is 0 Å².